The maximum Gasteiger partial charge on any atom is 0.328 e. The molecule has 0 aliphatic carbocycles. The van der Waals surface area contributed by atoms with Gasteiger partial charge >= 0.3 is 5.97 Å². The van der Waals surface area contributed by atoms with Gasteiger partial charge in [0.15, 0.2) is 0 Å². The van der Waals surface area contributed by atoms with Crippen molar-refractivity contribution in [2.75, 3.05) is 0 Å². The van der Waals surface area contributed by atoms with Crippen LogP contribution in [0.4, 0.5) is 0 Å². The molecular weight excluding hydrogens is 180 g/mol. The molecular formula is C10H8N2O2. The number of aliphatic carboxylic acids is 1. The monoisotopic (exact) mass is 188 g/mol. The molecule has 0 radical (unpaired) electrons. The van der Waals surface area contributed by atoms with Gasteiger partial charge in [-0.25, -0.2) is 9.78 Å². The Morgan fingerprint density at radius 1 is 1.71 bits per heavy atom. The lowest BCUT2D eigenvalue weighted by Gasteiger charge is -1.96. The predicted octanol–water partition coefficient (Wildman–Crippen LogP) is 1.36. The predicted molar refractivity (Wildman–Crippen MR) is 50.4 cm³/mol. The lowest BCUT2D eigenvalue weighted by Crippen LogP contribution is -1.90. The summed E-state index contributed by atoms with van der Waals surface area (Å²) in [5.41, 5.74) is 1.77. The number of aromatic nitrogens is 1. The van der Waals surface area contributed by atoms with Crippen LogP contribution in [0, 0.1) is 18.3 Å². The van der Waals surface area contributed by atoms with Crippen molar-refractivity contribution >= 4 is 12.0 Å². The van der Waals surface area contributed by atoms with E-state index in [1.807, 2.05) is 6.07 Å². The normalized spacial score (nSPS) is 10.0. The topological polar surface area (TPSA) is 74.0 Å². The highest BCUT2D eigenvalue weighted by molar-refractivity contribution is 5.85. The smallest absolute Gasteiger partial charge is 0.328 e. The van der Waals surface area contributed by atoms with Crippen LogP contribution >= 0.6 is 0 Å². The molecule has 0 aliphatic rings. The summed E-state index contributed by atoms with van der Waals surface area (Å²) in [6, 6.07) is 3.65. The Morgan fingerprint density at radius 2 is 2.43 bits per heavy atom. The molecule has 1 N–H and O–H groups in total. The van der Waals surface area contributed by atoms with E-state index in [9.17, 15) is 4.79 Å². The molecule has 14 heavy (non-hydrogen) atoms. The second-order valence-electron chi connectivity index (χ2n) is 2.72. The van der Waals surface area contributed by atoms with E-state index in [0.29, 0.717) is 11.3 Å². The Kier molecular flexibility index (Phi) is 2.97. The standard InChI is InChI=1S/C10H8N2O2/c1-7-4-8(2-3-10(13)14)6-12-9(7)5-11/h2-4,6H,1H3,(H,13,14). The number of nitrogens with zero attached hydrogens (tertiary/aromatic N) is 2. The molecule has 0 atom stereocenters. The summed E-state index contributed by atoms with van der Waals surface area (Å²) in [4.78, 5) is 14.1. The van der Waals surface area contributed by atoms with Gasteiger partial charge in [0.1, 0.15) is 11.8 Å². The van der Waals surface area contributed by atoms with Gasteiger partial charge in [0.05, 0.1) is 0 Å². The van der Waals surface area contributed by atoms with Crippen molar-refractivity contribution in [2.45, 2.75) is 6.92 Å². The molecule has 0 aromatic carbocycles. The van der Waals surface area contributed by atoms with Gasteiger partial charge in [-0.2, -0.15) is 5.26 Å². The van der Waals surface area contributed by atoms with Gasteiger partial charge < -0.3 is 5.11 Å². The van der Waals surface area contributed by atoms with Crippen LogP contribution in [-0.4, -0.2) is 16.1 Å². The van der Waals surface area contributed by atoms with E-state index >= 15 is 0 Å². The summed E-state index contributed by atoms with van der Waals surface area (Å²) in [7, 11) is 0. The molecule has 4 heteroatoms. The van der Waals surface area contributed by atoms with Crippen LogP contribution in [0.25, 0.3) is 6.08 Å². The number of carboxylic acids is 1. The highest BCUT2D eigenvalue weighted by Gasteiger charge is 1.98. The molecule has 1 heterocycles. The van der Waals surface area contributed by atoms with E-state index in [1.165, 1.54) is 12.3 Å². The Morgan fingerprint density at radius 3 is 2.93 bits per heavy atom. The highest BCUT2D eigenvalue weighted by Crippen LogP contribution is 2.07. The fourth-order valence-corrected chi connectivity index (χ4v) is 0.972. The SMILES string of the molecule is Cc1cc(C=CC(=O)O)cnc1C#N. The van der Waals surface area contributed by atoms with Gasteiger partial charge in [-0.3, -0.25) is 0 Å². The fourth-order valence-electron chi connectivity index (χ4n) is 0.972. The molecule has 0 unspecified atom stereocenters. The van der Waals surface area contributed by atoms with E-state index in [4.69, 9.17) is 10.4 Å². The zero-order valence-corrected chi connectivity index (χ0v) is 7.56. The van der Waals surface area contributed by atoms with Crippen LogP contribution in [0.2, 0.25) is 0 Å². The van der Waals surface area contributed by atoms with Gasteiger partial charge in [0, 0.05) is 12.3 Å². The summed E-state index contributed by atoms with van der Waals surface area (Å²) in [6.07, 6.45) is 3.93. The van der Waals surface area contributed by atoms with Gasteiger partial charge in [-0.1, -0.05) is 0 Å². The third-order valence-electron chi connectivity index (χ3n) is 1.62. The molecule has 0 saturated heterocycles. The molecule has 0 amide bonds. The van der Waals surface area contributed by atoms with Crippen LogP contribution in [-0.2, 0) is 4.79 Å². The van der Waals surface area contributed by atoms with Gasteiger partial charge in [-0.15, -0.1) is 0 Å². The zero-order chi connectivity index (χ0) is 10.6. The second-order valence-corrected chi connectivity index (χ2v) is 2.72. The zero-order valence-electron chi connectivity index (χ0n) is 7.56. The largest absolute Gasteiger partial charge is 0.478 e. The number of aryl methyl sites for hydroxylation is 1. The van der Waals surface area contributed by atoms with Crippen molar-refractivity contribution in [3.05, 3.63) is 35.2 Å². The van der Waals surface area contributed by atoms with Crippen molar-refractivity contribution in [3.63, 3.8) is 0 Å². The lowest BCUT2D eigenvalue weighted by molar-refractivity contribution is -0.131. The maximum atomic E-state index is 10.2. The maximum absolute atomic E-state index is 10.2. The molecule has 1 rings (SSSR count). The quantitative estimate of drug-likeness (QED) is 0.711. The first kappa shape index (κ1) is 9.93. The van der Waals surface area contributed by atoms with Crippen LogP contribution in [0.1, 0.15) is 16.8 Å². The minimum absolute atomic E-state index is 0.359. The number of hydrogen-bond donors (Lipinski definition) is 1. The minimum Gasteiger partial charge on any atom is -0.478 e. The van der Waals surface area contributed by atoms with Crippen LogP contribution in [0.3, 0.4) is 0 Å². The Hall–Kier alpha value is -2.15. The molecule has 1 aromatic rings. The Bertz CT molecular complexity index is 430. The van der Waals surface area contributed by atoms with Crippen LogP contribution in [0.5, 0.6) is 0 Å². The van der Waals surface area contributed by atoms with E-state index in [2.05, 4.69) is 4.98 Å². The minimum atomic E-state index is -1.01. The Balaban J connectivity index is 2.99. The number of nitriles is 1. The molecule has 0 bridgehead atoms. The van der Waals surface area contributed by atoms with E-state index in [-0.39, 0.29) is 0 Å². The van der Waals surface area contributed by atoms with Gasteiger partial charge in [0.25, 0.3) is 0 Å². The molecule has 0 aliphatic heterocycles. The molecule has 70 valence electrons. The third-order valence-corrected chi connectivity index (χ3v) is 1.62. The first-order chi connectivity index (χ1) is 6.63. The summed E-state index contributed by atoms with van der Waals surface area (Å²) >= 11 is 0. The average molecular weight is 188 g/mol. The third kappa shape index (κ3) is 2.42. The first-order valence-corrected chi connectivity index (χ1v) is 3.91. The van der Waals surface area contributed by atoms with Crippen LogP contribution in [0.15, 0.2) is 18.3 Å². The summed E-state index contributed by atoms with van der Waals surface area (Å²) in [6.45, 7) is 1.75. The number of hydrogen-bond acceptors (Lipinski definition) is 3. The van der Waals surface area contributed by atoms with Crippen LogP contribution < -0.4 is 0 Å². The molecule has 0 saturated carbocycles. The van der Waals surface area contributed by atoms with E-state index in [1.54, 1.807) is 13.0 Å². The molecule has 1 aromatic heterocycles. The summed E-state index contributed by atoms with van der Waals surface area (Å²) in [5.74, 6) is -1.01. The van der Waals surface area contributed by atoms with Crippen molar-refractivity contribution in [2.24, 2.45) is 0 Å². The second kappa shape index (κ2) is 4.19. The number of pyridine rings is 1. The highest BCUT2D eigenvalue weighted by atomic mass is 16.4. The lowest BCUT2D eigenvalue weighted by atomic mass is 10.1. The van der Waals surface area contributed by atoms with Crippen molar-refractivity contribution in [1.82, 2.24) is 4.98 Å². The average Bonchev–Trinajstić information content (AvgIpc) is 2.15. The van der Waals surface area contributed by atoms with E-state index < -0.39 is 5.97 Å². The summed E-state index contributed by atoms with van der Waals surface area (Å²) in [5, 5.41) is 17.0. The first-order valence-electron chi connectivity index (χ1n) is 3.91. The molecule has 0 spiro atoms. The fraction of sp³-hybridized carbons (Fsp3) is 0.100. The Labute approximate surface area is 81.1 Å². The summed E-state index contributed by atoms with van der Waals surface area (Å²) < 4.78 is 0. The number of carboxylic acid groups (broad SMARTS) is 1. The molecule has 0 fully saturated rings. The van der Waals surface area contributed by atoms with Gasteiger partial charge in [0.2, 0.25) is 0 Å². The van der Waals surface area contributed by atoms with Crippen molar-refractivity contribution in [1.29, 1.82) is 5.26 Å². The number of rotatable bonds is 2. The number of carbonyl (C=O) groups is 1. The molecule has 4 nitrogen and oxygen atoms in total. The van der Waals surface area contributed by atoms with Gasteiger partial charge in [-0.05, 0) is 30.2 Å². The van der Waals surface area contributed by atoms with Crippen molar-refractivity contribution in [3.8, 4) is 6.07 Å². The van der Waals surface area contributed by atoms with E-state index in [0.717, 1.165) is 11.6 Å². The van der Waals surface area contributed by atoms with Crippen molar-refractivity contribution < 1.29 is 9.90 Å².